The van der Waals surface area contributed by atoms with E-state index in [4.69, 9.17) is 0 Å². The van der Waals surface area contributed by atoms with Crippen molar-refractivity contribution in [3.8, 4) is 0 Å². The Morgan fingerprint density at radius 2 is 2.04 bits per heavy atom. The number of amidine groups is 1. The molecule has 1 aromatic carbocycles. The predicted molar refractivity (Wildman–Crippen MR) is 98.0 cm³/mol. The SMILES string of the molecule is CC[C@H]1S/C(=N\N=C/c2cccs2)N(Cc2ccccc2)C1=O. The third-order valence-electron chi connectivity index (χ3n) is 3.45. The highest BCUT2D eigenvalue weighted by molar-refractivity contribution is 8.15. The number of amides is 1. The molecule has 0 unspecified atom stereocenters. The van der Waals surface area contributed by atoms with Crippen molar-refractivity contribution in [3.63, 3.8) is 0 Å². The van der Waals surface area contributed by atoms with Crippen LogP contribution < -0.4 is 0 Å². The standard InChI is InChI=1S/C17H17N3OS2/c1-2-15-16(21)20(12-13-7-4-3-5-8-13)17(23-15)19-18-11-14-9-6-10-22-14/h3-11,15H,2,12H2,1H3/b18-11-,19-17-/t15-/m1/s1. The molecule has 2 aromatic rings. The van der Waals surface area contributed by atoms with Crippen molar-refractivity contribution in [3.05, 3.63) is 58.3 Å². The average Bonchev–Trinajstić information content (AvgIpc) is 3.19. The van der Waals surface area contributed by atoms with Gasteiger partial charge in [0, 0.05) is 4.88 Å². The number of nitrogens with zero attached hydrogens (tertiary/aromatic N) is 3. The fraction of sp³-hybridized carbons (Fsp3) is 0.235. The Kier molecular flexibility index (Phi) is 5.25. The quantitative estimate of drug-likeness (QED) is 0.608. The Balaban J connectivity index is 1.79. The van der Waals surface area contributed by atoms with E-state index in [1.165, 1.54) is 11.8 Å². The normalized spacial score (nSPS) is 20.0. The molecule has 3 rings (SSSR count). The van der Waals surface area contributed by atoms with Crippen molar-refractivity contribution < 1.29 is 4.79 Å². The minimum Gasteiger partial charge on any atom is -0.284 e. The molecule has 4 nitrogen and oxygen atoms in total. The zero-order valence-electron chi connectivity index (χ0n) is 12.8. The zero-order valence-corrected chi connectivity index (χ0v) is 14.4. The van der Waals surface area contributed by atoms with Gasteiger partial charge in [-0.15, -0.1) is 16.4 Å². The van der Waals surface area contributed by atoms with Crippen LogP contribution in [-0.2, 0) is 11.3 Å². The number of rotatable bonds is 5. The summed E-state index contributed by atoms with van der Waals surface area (Å²) in [7, 11) is 0. The Labute approximate surface area is 143 Å². The van der Waals surface area contributed by atoms with Crippen LogP contribution in [0.4, 0.5) is 0 Å². The second kappa shape index (κ2) is 7.57. The van der Waals surface area contributed by atoms with Gasteiger partial charge < -0.3 is 0 Å². The number of thiophene rings is 1. The van der Waals surface area contributed by atoms with Gasteiger partial charge in [0.2, 0.25) is 5.91 Å². The van der Waals surface area contributed by atoms with E-state index in [0.29, 0.717) is 11.7 Å². The lowest BCUT2D eigenvalue weighted by Crippen LogP contribution is -2.31. The summed E-state index contributed by atoms with van der Waals surface area (Å²) in [6, 6.07) is 13.9. The van der Waals surface area contributed by atoms with E-state index in [-0.39, 0.29) is 11.2 Å². The minimum absolute atomic E-state index is 0.0607. The van der Waals surface area contributed by atoms with E-state index in [9.17, 15) is 4.79 Å². The maximum Gasteiger partial charge on any atom is 0.242 e. The van der Waals surface area contributed by atoms with Crippen LogP contribution in [0.5, 0.6) is 0 Å². The maximum atomic E-state index is 12.5. The minimum atomic E-state index is -0.0607. The highest BCUT2D eigenvalue weighted by Gasteiger charge is 2.36. The van der Waals surface area contributed by atoms with E-state index < -0.39 is 0 Å². The number of carbonyl (C=O) groups is 1. The number of thioether (sulfide) groups is 1. The van der Waals surface area contributed by atoms with Gasteiger partial charge in [-0.2, -0.15) is 5.10 Å². The molecule has 0 aliphatic carbocycles. The monoisotopic (exact) mass is 343 g/mol. The van der Waals surface area contributed by atoms with Gasteiger partial charge in [0.05, 0.1) is 18.0 Å². The lowest BCUT2D eigenvalue weighted by molar-refractivity contribution is -0.126. The second-order valence-electron chi connectivity index (χ2n) is 5.07. The third kappa shape index (κ3) is 3.89. The predicted octanol–water partition coefficient (Wildman–Crippen LogP) is 3.99. The molecule has 0 spiro atoms. The molecule has 0 radical (unpaired) electrons. The number of hydrogen-bond acceptors (Lipinski definition) is 5. The highest BCUT2D eigenvalue weighted by Crippen LogP contribution is 2.30. The molecule has 0 N–H and O–H groups in total. The first kappa shape index (κ1) is 16.0. The van der Waals surface area contributed by atoms with E-state index in [1.54, 1.807) is 22.5 Å². The summed E-state index contributed by atoms with van der Waals surface area (Å²) in [6.07, 6.45) is 2.52. The molecule has 1 aromatic heterocycles. The van der Waals surface area contributed by atoms with E-state index >= 15 is 0 Å². The molecule has 118 valence electrons. The first-order valence-electron chi connectivity index (χ1n) is 7.44. The summed E-state index contributed by atoms with van der Waals surface area (Å²) in [4.78, 5) is 15.3. The van der Waals surface area contributed by atoms with Gasteiger partial charge in [-0.25, -0.2) is 0 Å². The van der Waals surface area contributed by atoms with Crippen LogP contribution in [0.1, 0.15) is 23.8 Å². The molecule has 6 heteroatoms. The lowest BCUT2D eigenvalue weighted by Gasteiger charge is -2.15. The van der Waals surface area contributed by atoms with Gasteiger partial charge in [-0.05, 0) is 23.4 Å². The summed E-state index contributed by atoms with van der Waals surface area (Å²) in [6.45, 7) is 2.56. The van der Waals surface area contributed by atoms with Crippen LogP contribution >= 0.6 is 23.1 Å². The molecule has 0 bridgehead atoms. The van der Waals surface area contributed by atoms with Crippen molar-refractivity contribution in [2.45, 2.75) is 25.1 Å². The largest absolute Gasteiger partial charge is 0.284 e. The Morgan fingerprint density at radius 3 is 2.74 bits per heavy atom. The first-order valence-corrected chi connectivity index (χ1v) is 9.20. The van der Waals surface area contributed by atoms with Gasteiger partial charge >= 0.3 is 0 Å². The highest BCUT2D eigenvalue weighted by atomic mass is 32.2. The fourth-order valence-corrected chi connectivity index (χ4v) is 3.86. The van der Waals surface area contributed by atoms with Gasteiger partial charge in [0.1, 0.15) is 0 Å². The topological polar surface area (TPSA) is 45.0 Å². The van der Waals surface area contributed by atoms with Crippen LogP contribution in [-0.4, -0.2) is 27.4 Å². The third-order valence-corrected chi connectivity index (χ3v) is 5.58. The molecular weight excluding hydrogens is 326 g/mol. The van der Waals surface area contributed by atoms with Crippen LogP contribution in [0.15, 0.2) is 58.0 Å². The Bertz CT molecular complexity index is 711. The molecule has 1 saturated heterocycles. The molecule has 23 heavy (non-hydrogen) atoms. The molecule has 1 aliphatic rings. The van der Waals surface area contributed by atoms with Gasteiger partial charge in [-0.1, -0.05) is 55.1 Å². The van der Waals surface area contributed by atoms with Crippen LogP contribution in [0.3, 0.4) is 0 Å². The number of benzene rings is 1. The van der Waals surface area contributed by atoms with E-state index in [0.717, 1.165) is 16.9 Å². The lowest BCUT2D eigenvalue weighted by atomic mass is 10.2. The average molecular weight is 343 g/mol. The van der Waals surface area contributed by atoms with Crippen molar-refractivity contribution in [1.82, 2.24) is 4.90 Å². The van der Waals surface area contributed by atoms with Crippen molar-refractivity contribution in [2.75, 3.05) is 0 Å². The molecule has 1 amide bonds. The second-order valence-corrected chi connectivity index (χ2v) is 7.22. The molecule has 2 heterocycles. The first-order chi connectivity index (χ1) is 11.3. The Morgan fingerprint density at radius 1 is 1.22 bits per heavy atom. The molecular formula is C17H17N3OS2. The smallest absolute Gasteiger partial charge is 0.242 e. The van der Waals surface area contributed by atoms with E-state index in [1.807, 2.05) is 54.8 Å². The van der Waals surface area contributed by atoms with Crippen LogP contribution in [0.2, 0.25) is 0 Å². The number of carbonyl (C=O) groups excluding carboxylic acids is 1. The van der Waals surface area contributed by atoms with E-state index in [2.05, 4.69) is 10.2 Å². The van der Waals surface area contributed by atoms with Gasteiger partial charge in [-0.3, -0.25) is 9.69 Å². The maximum absolute atomic E-state index is 12.5. The summed E-state index contributed by atoms with van der Waals surface area (Å²) in [5.41, 5.74) is 1.09. The van der Waals surface area contributed by atoms with Gasteiger partial charge in [0.15, 0.2) is 5.17 Å². The van der Waals surface area contributed by atoms with Crippen LogP contribution in [0.25, 0.3) is 0 Å². The molecule has 1 atom stereocenters. The fourth-order valence-electron chi connectivity index (χ4n) is 2.26. The molecule has 1 aliphatic heterocycles. The van der Waals surface area contributed by atoms with Gasteiger partial charge in [0.25, 0.3) is 0 Å². The van der Waals surface area contributed by atoms with Crippen molar-refractivity contribution >= 4 is 40.4 Å². The summed E-state index contributed by atoms with van der Waals surface area (Å²) >= 11 is 3.11. The van der Waals surface area contributed by atoms with Crippen molar-refractivity contribution in [1.29, 1.82) is 0 Å². The zero-order chi connectivity index (χ0) is 16.1. The summed E-state index contributed by atoms with van der Waals surface area (Å²) in [5.74, 6) is 0.117. The molecule has 0 saturated carbocycles. The number of hydrogen-bond donors (Lipinski definition) is 0. The van der Waals surface area contributed by atoms with Crippen molar-refractivity contribution in [2.24, 2.45) is 10.2 Å². The summed E-state index contributed by atoms with van der Waals surface area (Å²) < 4.78 is 0. The molecule has 1 fully saturated rings. The Hall–Kier alpha value is -1.92. The van der Waals surface area contributed by atoms with Crippen LogP contribution in [0, 0.1) is 0 Å². The summed E-state index contributed by atoms with van der Waals surface area (Å²) in [5, 5.41) is 11.1.